The molecule has 3 aliphatic rings. The van der Waals surface area contributed by atoms with Crippen LogP contribution in [0.15, 0.2) is 41.3 Å². The van der Waals surface area contributed by atoms with Gasteiger partial charge in [0.15, 0.2) is 0 Å². The zero-order chi connectivity index (χ0) is 19.1. The summed E-state index contributed by atoms with van der Waals surface area (Å²) in [6.07, 6.45) is 2.81. The number of hydrogen-bond donors (Lipinski definition) is 0. The van der Waals surface area contributed by atoms with Crippen molar-refractivity contribution < 1.29 is 9.53 Å². The lowest BCUT2D eigenvalue weighted by Gasteiger charge is -2.43. The lowest BCUT2D eigenvalue weighted by Crippen LogP contribution is -2.47. The number of carbonyl (C=O) groups is 1. The molecule has 2 atom stereocenters. The number of nitrogens with zero attached hydrogens (tertiary/aromatic N) is 4. The minimum atomic E-state index is 0.0196. The van der Waals surface area contributed by atoms with Crippen LogP contribution in [0, 0.1) is 5.92 Å². The molecule has 2 saturated heterocycles. The Morgan fingerprint density at radius 2 is 1.93 bits per heavy atom. The van der Waals surface area contributed by atoms with Crippen LogP contribution in [0.3, 0.4) is 0 Å². The molecular weight excluding hydrogens is 356 g/mol. The summed E-state index contributed by atoms with van der Waals surface area (Å²) in [7, 11) is 0. The third-order valence-corrected chi connectivity index (χ3v) is 6.10. The Labute approximate surface area is 163 Å². The summed E-state index contributed by atoms with van der Waals surface area (Å²) in [4.78, 5) is 33.5. The van der Waals surface area contributed by atoms with Gasteiger partial charge in [0.25, 0.3) is 11.5 Å². The number of rotatable bonds is 2. The Bertz CT molecular complexity index is 933. The quantitative estimate of drug-likeness (QED) is 0.787. The number of carbonyl (C=O) groups excluding carboxylic acids is 1. The molecule has 0 aliphatic carbocycles. The summed E-state index contributed by atoms with van der Waals surface area (Å²) in [6.45, 7) is 4.97. The molecule has 2 aromatic heterocycles. The largest absolute Gasteiger partial charge is 0.378 e. The standard InChI is InChI=1S/C21H24N4O3/c26-20-3-1-2-18-17-10-15(13-25(18)20)12-24(14-17)19-5-4-16(11-22-19)21(27)23-6-8-28-9-7-23/h1-5,11,15,17H,6-10,12-14H2/t15-,17+/m0/s1. The molecule has 146 valence electrons. The molecule has 0 spiro atoms. The van der Waals surface area contributed by atoms with E-state index in [0.717, 1.165) is 37.6 Å². The number of piperidine rings is 1. The zero-order valence-electron chi connectivity index (χ0n) is 15.8. The SMILES string of the molecule is O=C(c1ccc(N2C[C@@H]3C[C@H](C2)c2cccc(=O)n2C3)nc1)N1CCOCC1. The highest BCUT2D eigenvalue weighted by molar-refractivity contribution is 5.94. The fraction of sp³-hybridized carbons (Fsp3) is 0.476. The molecule has 0 saturated carbocycles. The van der Waals surface area contributed by atoms with Crippen molar-refractivity contribution >= 4 is 11.7 Å². The second-order valence-corrected chi connectivity index (χ2v) is 7.91. The van der Waals surface area contributed by atoms with Gasteiger partial charge in [-0.25, -0.2) is 4.98 Å². The van der Waals surface area contributed by atoms with Gasteiger partial charge < -0.3 is 19.1 Å². The van der Waals surface area contributed by atoms with E-state index in [0.29, 0.717) is 43.7 Å². The summed E-state index contributed by atoms with van der Waals surface area (Å²) in [5.74, 6) is 1.71. The number of hydrogen-bond acceptors (Lipinski definition) is 5. The van der Waals surface area contributed by atoms with E-state index in [1.807, 2.05) is 27.7 Å². The number of amides is 1. The van der Waals surface area contributed by atoms with E-state index in [9.17, 15) is 9.59 Å². The highest BCUT2D eigenvalue weighted by Crippen LogP contribution is 2.36. The third kappa shape index (κ3) is 3.09. The molecule has 0 radical (unpaired) electrons. The summed E-state index contributed by atoms with van der Waals surface area (Å²) in [6, 6.07) is 9.41. The van der Waals surface area contributed by atoms with Crippen LogP contribution < -0.4 is 10.5 Å². The van der Waals surface area contributed by atoms with Crippen molar-refractivity contribution in [3.05, 3.63) is 58.1 Å². The van der Waals surface area contributed by atoms with Crippen molar-refractivity contribution in [3.8, 4) is 0 Å². The number of morpholine rings is 1. The predicted octanol–water partition coefficient (Wildman–Crippen LogP) is 1.34. The van der Waals surface area contributed by atoms with Gasteiger partial charge in [-0.05, 0) is 30.5 Å². The van der Waals surface area contributed by atoms with E-state index in [-0.39, 0.29) is 11.5 Å². The van der Waals surface area contributed by atoms with Gasteiger partial charge in [0, 0.05) is 56.6 Å². The molecule has 7 heteroatoms. The third-order valence-electron chi connectivity index (χ3n) is 6.10. The minimum Gasteiger partial charge on any atom is -0.378 e. The van der Waals surface area contributed by atoms with Crippen molar-refractivity contribution in [3.63, 3.8) is 0 Å². The van der Waals surface area contributed by atoms with Gasteiger partial charge in [-0.15, -0.1) is 0 Å². The second kappa shape index (κ2) is 7.05. The number of fused-ring (bicyclic) bond motifs is 4. The highest BCUT2D eigenvalue weighted by atomic mass is 16.5. The fourth-order valence-electron chi connectivity index (χ4n) is 4.73. The molecule has 5 rings (SSSR count). The first kappa shape index (κ1) is 17.4. The van der Waals surface area contributed by atoms with Gasteiger partial charge in [0.05, 0.1) is 18.8 Å². The lowest BCUT2D eigenvalue weighted by molar-refractivity contribution is 0.0302. The van der Waals surface area contributed by atoms with Crippen LogP contribution in [-0.2, 0) is 11.3 Å². The minimum absolute atomic E-state index is 0.0196. The fourth-order valence-corrected chi connectivity index (χ4v) is 4.73. The normalized spacial score (nSPS) is 24.0. The summed E-state index contributed by atoms with van der Waals surface area (Å²) in [5.41, 5.74) is 1.86. The first-order valence-electron chi connectivity index (χ1n) is 9.97. The molecule has 0 unspecified atom stereocenters. The van der Waals surface area contributed by atoms with Crippen LogP contribution in [0.4, 0.5) is 5.82 Å². The van der Waals surface area contributed by atoms with Gasteiger partial charge in [0.2, 0.25) is 0 Å². The van der Waals surface area contributed by atoms with Crippen LogP contribution in [0.5, 0.6) is 0 Å². The first-order valence-corrected chi connectivity index (χ1v) is 9.97. The maximum Gasteiger partial charge on any atom is 0.255 e. The first-order chi connectivity index (χ1) is 13.7. The summed E-state index contributed by atoms with van der Waals surface area (Å²) >= 11 is 0. The van der Waals surface area contributed by atoms with Crippen LogP contribution >= 0.6 is 0 Å². The Morgan fingerprint density at radius 1 is 1.07 bits per heavy atom. The van der Waals surface area contributed by atoms with Gasteiger partial charge >= 0.3 is 0 Å². The topological polar surface area (TPSA) is 67.7 Å². The Balaban J connectivity index is 1.33. The van der Waals surface area contributed by atoms with E-state index in [4.69, 9.17) is 4.74 Å². The van der Waals surface area contributed by atoms with E-state index in [1.54, 1.807) is 12.3 Å². The van der Waals surface area contributed by atoms with Crippen molar-refractivity contribution in [2.45, 2.75) is 18.9 Å². The van der Waals surface area contributed by atoms with Crippen LogP contribution in [0.25, 0.3) is 0 Å². The Kier molecular flexibility index (Phi) is 4.39. The number of ether oxygens (including phenoxy) is 1. The van der Waals surface area contributed by atoms with E-state index < -0.39 is 0 Å². The van der Waals surface area contributed by atoms with Crippen molar-refractivity contribution in [2.75, 3.05) is 44.3 Å². The van der Waals surface area contributed by atoms with Gasteiger partial charge in [-0.3, -0.25) is 9.59 Å². The monoisotopic (exact) mass is 380 g/mol. The van der Waals surface area contributed by atoms with E-state index in [2.05, 4.69) is 16.0 Å². The average molecular weight is 380 g/mol. The van der Waals surface area contributed by atoms with E-state index >= 15 is 0 Å². The maximum absolute atomic E-state index is 12.6. The summed E-state index contributed by atoms with van der Waals surface area (Å²) in [5, 5.41) is 0. The smallest absolute Gasteiger partial charge is 0.255 e. The van der Waals surface area contributed by atoms with Crippen LogP contribution in [-0.4, -0.2) is 59.8 Å². The molecule has 28 heavy (non-hydrogen) atoms. The number of aromatic nitrogens is 2. The molecule has 7 nitrogen and oxygen atoms in total. The lowest BCUT2D eigenvalue weighted by atomic mass is 9.83. The molecule has 2 bridgehead atoms. The molecule has 2 aromatic rings. The molecular formula is C21H24N4O3. The van der Waals surface area contributed by atoms with Gasteiger partial charge in [0.1, 0.15) is 5.82 Å². The zero-order valence-corrected chi connectivity index (χ0v) is 15.8. The molecule has 2 fully saturated rings. The highest BCUT2D eigenvalue weighted by Gasteiger charge is 2.35. The second-order valence-electron chi connectivity index (χ2n) is 7.91. The van der Waals surface area contributed by atoms with E-state index in [1.165, 1.54) is 0 Å². The number of pyridine rings is 2. The van der Waals surface area contributed by atoms with Crippen LogP contribution in [0.2, 0.25) is 0 Å². The molecule has 5 heterocycles. The molecule has 3 aliphatic heterocycles. The van der Waals surface area contributed by atoms with Crippen LogP contribution in [0.1, 0.15) is 28.4 Å². The average Bonchev–Trinajstić information content (AvgIpc) is 2.75. The Morgan fingerprint density at radius 3 is 2.71 bits per heavy atom. The van der Waals surface area contributed by atoms with Crippen molar-refractivity contribution in [1.29, 1.82) is 0 Å². The predicted molar refractivity (Wildman–Crippen MR) is 105 cm³/mol. The molecule has 0 aromatic carbocycles. The van der Waals surface area contributed by atoms with Gasteiger partial charge in [-0.1, -0.05) is 6.07 Å². The van der Waals surface area contributed by atoms with Gasteiger partial charge in [-0.2, -0.15) is 0 Å². The molecule has 1 amide bonds. The Hall–Kier alpha value is -2.67. The summed E-state index contributed by atoms with van der Waals surface area (Å²) < 4.78 is 7.25. The van der Waals surface area contributed by atoms with Crippen molar-refractivity contribution in [1.82, 2.24) is 14.5 Å². The molecule has 0 N–H and O–H groups in total. The maximum atomic E-state index is 12.6. The number of anilines is 1. The van der Waals surface area contributed by atoms with Crippen molar-refractivity contribution in [2.24, 2.45) is 5.92 Å².